The van der Waals surface area contributed by atoms with Crippen LogP contribution in [0.15, 0.2) is 46.5 Å². The third-order valence-corrected chi connectivity index (χ3v) is 3.17. The highest BCUT2D eigenvalue weighted by Gasteiger charge is 1.99. The van der Waals surface area contributed by atoms with E-state index in [1.54, 1.807) is 17.8 Å². The molecule has 0 radical (unpaired) electrons. The fraction of sp³-hybridized carbons (Fsp3) is 0. The molecule has 2 amide bonds. The minimum Gasteiger partial charge on any atom is -0.314 e. The number of urea groups is 1. The van der Waals surface area contributed by atoms with Crippen molar-refractivity contribution in [3.8, 4) is 0 Å². The number of aromatic nitrogens is 1. The first-order valence-electron chi connectivity index (χ1n) is 5.13. The zero-order valence-electron chi connectivity index (χ0n) is 9.26. The molecule has 2 aromatic rings. The number of nitrogens with one attached hydrogen (secondary N) is 2. The molecule has 0 saturated heterocycles. The van der Waals surface area contributed by atoms with Gasteiger partial charge in [0.1, 0.15) is 0 Å². The molecule has 1 heterocycles. The Balaban J connectivity index is 1.86. The van der Waals surface area contributed by atoms with Crippen molar-refractivity contribution in [3.05, 3.63) is 52.1 Å². The van der Waals surface area contributed by atoms with E-state index in [2.05, 4.69) is 31.5 Å². The van der Waals surface area contributed by atoms with E-state index in [0.29, 0.717) is 5.13 Å². The summed E-state index contributed by atoms with van der Waals surface area (Å²) in [7, 11) is 0. The highest BCUT2D eigenvalue weighted by molar-refractivity contribution is 9.10. The number of carbonyl (C=O) groups excluding carboxylic acids is 1. The summed E-state index contributed by atoms with van der Waals surface area (Å²) < 4.78 is 0.997. The third-order valence-electron chi connectivity index (χ3n) is 1.99. The van der Waals surface area contributed by atoms with Crippen LogP contribution in [0, 0.1) is 0 Å². The van der Waals surface area contributed by atoms with Crippen LogP contribution in [-0.4, -0.2) is 11.0 Å². The van der Waals surface area contributed by atoms with Gasteiger partial charge in [-0.3, -0.25) is 5.32 Å². The Labute approximate surface area is 117 Å². The summed E-state index contributed by atoms with van der Waals surface area (Å²) in [6, 6.07) is 7.47. The van der Waals surface area contributed by atoms with Gasteiger partial charge in [-0.25, -0.2) is 9.78 Å². The second-order valence-corrected chi connectivity index (χ2v) is 5.13. The Morgan fingerprint density at radius 3 is 3.06 bits per heavy atom. The summed E-state index contributed by atoms with van der Waals surface area (Å²) in [5, 5.41) is 7.60. The molecule has 0 fully saturated rings. The number of hydrogen-bond donors (Lipinski definition) is 2. The fourth-order valence-corrected chi connectivity index (χ4v) is 2.18. The SMILES string of the molecule is O=C(N/C=C/c1cccc(Br)c1)Nc1nccs1. The van der Waals surface area contributed by atoms with Crippen LogP contribution in [0.2, 0.25) is 0 Å². The van der Waals surface area contributed by atoms with Crippen LogP contribution in [0.3, 0.4) is 0 Å². The lowest BCUT2D eigenvalue weighted by Gasteiger charge is -2.00. The van der Waals surface area contributed by atoms with Gasteiger partial charge in [0.05, 0.1) is 0 Å². The summed E-state index contributed by atoms with van der Waals surface area (Å²) in [6.07, 6.45) is 5.04. The highest BCUT2D eigenvalue weighted by Crippen LogP contribution is 2.12. The average Bonchev–Trinajstić information content (AvgIpc) is 2.82. The normalized spacial score (nSPS) is 10.5. The Bertz CT molecular complexity index is 554. The maximum absolute atomic E-state index is 11.5. The van der Waals surface area contributed by atoms with Crippen LogP contribution in [0.1, 0.15) is 5.56 Å². The zero-order chi connectivity index (χ0) is 12.8. The lowest BCUT2D eigenvalue weighted by molar-refractivity contribution is 0.255. The molecule has 0 bridgehead atoms. The lowest BCUT2D eigenvalue weighted by Crippen LogP contribution is -2.23. The molecule has 0 aliphatic heterocycles. The van der Waals surface area contributed by atoms with E-state index in [1.165, 1.54) is 11.3 Å². The molecule has 0 aliphatic carbocycles. The van der Waals surface area contributed by atoms with Gasteiger partial charge in [0.25, 0.3) is 0 Å². The van der Waals surface area contributed by atoms with Crippen LogP contribution < -0.4 is 10.6 Å². The second kappa shape index (κ2) is 6.32. The number of hydrogen-bond acceptors (Lipinski definition) is 3. The largest absolute Gasteiger partial charge is 0.325 e. The van der Waals surface area contributed by atoms with Gasteiger partial charge in [0, 0.05) is 22.2 Å². The number of thiazole rings is 1. The summed E-state index contributed by atoms with van der Waals surface area (Å²) in [5.41, 5.74) is 0.999. The summed E-state index contributed by atoms with van der Waals surface area (Å²) in [4.78, 5) is 15.4. The number of nitrogens with zero attached hydrogens (tertiary/aromatic N) is 1. The first kappa shape index (κ1) is 12.8. The lowest BCUT2D eigenvalue weighted by atomic mass is 10.2. The topological polar surface area (TPSA) is 54.0 Å². The van der Waals surface area contributed by atoms with Crippen molar-refractivity contribution in [2.75, 3.05) is 5.32 Å². The van der Waals surface area contributed by atoms with Gasteiger partial charge in [-0.05, 0) is 23.8 Å². The molecule has 1 aromatic heterocycles. The van der Waals surface area contributed by atoms with Gasteiger partial charge in [0.2, 0.25) is 0 Å². The predicted molar refractivity (Wildman–Crippen MR) is 77.4 cm³/mol. The number of rotatable bonds is 3. The number of amides is 2. The van der Waals surface area contributed by atoms with E-state index in [1.807, 2.05) is 30.3 Å². The van der Waals surface area contributed by atoms with Crippen molar-refractivity contribution in [2.24, 2.45) is 0 Å². The smallest absolute Gasteiger partial charge is 0.314 e. The third kappa shape index (κ3) is 3.97. The molecule has 0 unspecified atom stereocenters. The first-order chi connectivity index (χ1) is 8.74. The van der Waals surface area contributed by atoms with E-state index >= 15 is 0 Å². The molecular weight excluding hydrogens is 314 g/mol. The van der Waals surface area contributed by atoms with Gasteiger partial charge in [-0.15, -0.1) is 11.3 Å². The van der Waals surface area contributed by atoms with Gasteiger partial charge >= 0.3 is 6.03 Å². The van der Waals surface area contributed by atoms with Gasteiger partial charge < -0.3 is 5.32 Å². The highest BCUT2D eigenvalue weighted by atomic mass is 79.9. The van der Waals surface area contributed by atoms with Crippen LogP contribution in [0.25, 0.3) is 6.08 Å². The zero-order valence-corrected chi connectivity index (χ0v) is 11.7. The van der Waals surface area contributed by atoms with E-state index in [4.69, 9.17) is 0 Å². The molecule has 4 nitrogen and oxygen atoms in total. The molecule has 92 valence electrons. The van der Waals surface area contributed by atoms with E-state index in [-0.39, 0.29) is 6.03 Å². The van der Waals surface area contributed by atoms with Crippen molar-refractivity contribution < 1.29 is 4.79 Å². The van der Waals surface area contributed by atoms with Crippen molar-refractivity contribution in [1.29, 1.82) is 0 Å². The Morgan fingerprint density at radius 2 is 2.33 bits per heavy atom. The maximum atomic E-state index is 11.5. The molecule has 0 atom stereocenters. The summed E-state index contributed by atoms with van der Waals surface area (Å²) in [6.45, 7) is 0. The molecular formula is C12H10BrN3OS. The number of carbonyl (C=O) groups is 1. The Kier molecular flexibility index (Phi) is 4.49. The van der Waals surface area contributed by atoms with Gasteiger partial charge in [-0.2, -0.15) is 0 Å². The average molecular weight is 324 g/mol. The summed E-state index contributed by atoms with van der Waals surface area (Å²) >= 11 is 4.75. The van der Waals surface area contributed by atoms with Gasteiger partial charge in [-0.1, -0.05) is 28.1 Å². The van der Waals surface area contributed by atoms with E-state index in [9.17, 15) is 4.79 Å². The first-order valence-corrected chi connectivity index (χ1v) is 6.80. The molecule has 0 aliphatic rings. The maximum Gasteiger partial charge on any atom is 0.325 e. The summed E-state index contributed by atoms with van der Waals surface area (Å²) in [5.74, 6) is 0. The Morgan fingerprint density at radius 1 is 1.44 bits per heavy atom. The van der Waals surface area contributed by atoms with Crippen LogP contribution in [0.5, 0.6) is 0 Å². The number of halogens is 1. The quantitative estimate of drug-likeness (QED) is 0.904. The van der Waals surface area contributed by atoms with Crippen molar-refractivity contribution >= 4 is 44.5 Å². The molecule has 2 rings (SSSR count). The van der Waals surface area contributed by atoms with Crippen molar-refractivity contribution in [3.63, 3.8) is 0 Å². The molecule has 18 heavy (non-hydrogen) atoms. The minimum atomic E-state index is -0.309. The van der Waals surface area contributed by atoms with Crippen LogP contribution in [-0.2, 0) is 0 Å². The molecule has 0 spiro atoms. The monoisotopic (exact) mass is 323 g/mol. The van der Waals surface area contributed by atoms with Gasteiger partial charge in [0.15, 0.2) is 5.13 Å². The minimum absolute atomic E-state index is 0.309. The molecule has 0 saturated carbocycles. The molecule has 2 N–H and O–H groups in total. The molecule has 1 aromatic carbocycles. The van der Waals surface area contributed by atoms with E-state index < -0.39 is 0 Å². The second-order valence-electron chi connectivity index (χ2n) is 3.32. The van der Waals surface area contributed by atoms with Crippen molar-refractivity contribution in [1.82, 2.24) is 10.3 Å². The van der Waals surface area contributed by atoms with Crippen LogP contribution in [0.4, 0.5) is 9.93 Å². The standard InChI is InChI=1S/C12H10BrN3OS/c13-10-3-1-2-9(8-10)4-5-14-11(17)16-12-15-6-7-18-12/h1-8H,(H2,14,15,16,17)/b5-4+. The van der Waals surface area contributed by atoms with Crippen LogP contribution >= 0.6 is 27.3 Å². The number of benzene rings is 1. The molecule has 6 heteroatoms. The predicted octanol–water partition coefficient (Wildman–Crippen LogP) is 3.70. The number of anilines is 1. The Hall–Kier alpha value is -1.66. The van der Waals surface area contributed by atoms with E-state index in [0.717, 1.165) is 10.0 Å². The fourth-order valence-electron chi connectivity index (χ4n) is 1.24. The van der Waals surface area contributed by atoms with Crippen molar-refractivity contribution in [2.45, 2.75) is 0 Å².